The number of nitrogens with one attached hydrogen (secondary N) is 2. The van der Waals surface area contributed by atoms with Gasteiger partial charge in [-0.15, -0.1) is 0 Å². The Labute approximate surface area is 297 Å². The second kappa shape index (κ2) is 15.2. The van der Waals surface area contributed by atoms with Crippen LogP contribution in [0.3, 0.4) is 0 Å². The average Bonchev–Trinajstić information content (AvgIpc) is 3.13. The molecule has 5 aromatic rings. The fourth-order valence-electron chi connectivity index (χ4n) is 6.01. The van der Waals surface area contributed by atoms with Gasteiger partial charge in [0.15, 0.2) is 5.75 Å². The number of fused-ring (bicyclic) bond motifs is 2. The normalized spacial score (nSPS) is 16.8. The van der Waals surface area contributed by atoms with Crippen LogP contribution < -0.4 is 20.1 Å². The Balaban J connectivity index is 1.27. The maximum atomic E-state index is 13.9. The first kappa shape index (κ1) is 35.4. The molecule has 3 unspecified atom stereocenters. The highest BCUT2D eigenvalue weighted by Gasteiger charge is 2.36. The minimum atomic E-state index is -3.98. The predicted octanol–water partition coefficient (Wildman–Crippen LogP) is 6.82. The van der Waals surface area contributed by atoms with Crippen LogP contribution >= 0.6 is 0 Å². The van der Waals surface area contributed by atoms with Gasteiger partial charge in [0.1, 0.15) is 17.6 Å². The number of nitrogens with zero attached hydrogens (tertiary/aromatic N) is 2. The summed E-state index contributed by atoms with van der Waals surface area (Å²) in [6.45, 7) is 3.45. The lowest BCUT2D eigenvalue weighted by molar-refractivity contribution is 0.0389. The molecule has 0 spiro atoms. The summed E-state index contributed by atoms with van der Waals surface area (Å²) in [5.41, 5.74) is 1.01. The second-order valence-electron chi connectivity index (χ2n) is 12.6. The van der Waals surface area contributed by atoms with Gasteiger partial charge in [0.2, 0.25) is 10.0 Å². The van der Waals surface area contributed by atoms with E-state index in [9.17, 15) is 23.1 Å². The lowest BCUT2D eigenvalue weighted by Gasteiger charge is -2.38. The third-order valence-electron chi connectivity index (χ3n) is 8.93. The zero-order valence-electron chi connectivity index (χ0n) is 28.5. The van der Waals surface area contributed by atoms with Crippen molar-refractivity contribution < 1.29 is 32.6 Å². The number of carbonyl (C=O) groups is 2. The fraction of sp³-hybridized carbons (Fsp3) is 0.231. The first-order valence-corrected chi connectivity index (χ1v) is 18.1. The van der Waals surface area contributed by atoms with E-state index in [0.29, 0.717) is 17.2 Å². The molecule has 3 N–H and O–H groups in total. The monoisotopic (exact) mass is 708 g/mol. The van der Waals surface area contributed by atoms with Gasteiger partial charge in [0.05, 0.1) is 41.0 Å². The van der Waals surface area contributed by atoms with Crippen molar-refractivity contribution in [3.05, 3.63) is 121 Å². The summed E-state index contributed by atoms with van der Waals surface area (Å²) in [6.07, 6.45) is -0.755. The van der Waals surface area contributed by atoms with Crippen LogP contribution in [0.2, 0.25) is 0 Å². The minimum Gasteiger partial charge on any atom is -0.486 e. The third kappa shape index (κ3) is 7.83. The van der Waals surface area contributed by atoms with Gasteiger partial charge in [-0.25, -0.2) is 13.2 Å². The molecule has 1 aliphatic heterocycles. The minimum absolute atomic E-state index is 0.0717. The van der Waals surface area contributed by atoms with Gasteiger partial charge in [0, 0.05) is 24.9 Å². The molecule has 0 fully saturated rings. The summed E-state index contributed by atoms with van der Waals surface area (Å²) in [5.74, 6) is 0.463. The molecule has 0 radical (unpaired) electrons. The van der Waals surface area contributed by atoms with Crippen molar-refractivity contribution >= 4 is 44.1 Å². The number of carbonyl (C=O) groups excluding carboxylic acids is 2. The Hall–Kier alpha value is -5.43. The molecule has 1 heterocycles. The molecule has 0 aromatic heterocycles. The Morgan fingerprint density at radius 2 is 1.53 bits per heavy atom. The number of sulfonamides is 1. The number of benzene rings is 5. The van der Waals surface area contributed by atoms with E-state index >= 15 is 0 Å². The number of aliphatic hydroxyl groups is 1. The van der Waals surface area contributed by atoms with Crippen molar-refractivity contribution in [1.82, 2.24) is 9.21 Å². The van der Waals surface area contributed by atoms with Crippen molar-refractivity contribution in [3.63, 3.8) is 0 Å². The van der Waals surface area contributed by atoms with Gasteiger partial charge < -0.3 is 30.1 Å². The van der Waals surface area contributed by atoms with E-state index in [1.165, 1.54) is 23.5 Å². The number of amides is 3. The molecule has 6 rings (SSSR count). The zero-order chi connectivity index (χ0) is 36.1. The summed E-state index contributed by atoms with van der Waals surface area (Å²) in [7, 11) is -2.51. The Morgan fingerprint density at radius 3 is 2.27 bits per heavy atom. The summed E-state index contributed by atoms with van der Waals surface area (Å²) in [6, 6.07) is 32.4. The number of ether oxygens (including phenoxy) is 2. The Bertz CT molecular complexity index is 2120. The number of likely N-dealkylation sites (N-methyl/N-ethyl adjacent to an activating group) is 1. The van der Waals surface area contributed by atoms with E-state index in [1.54, 1.807) is 60.4 Å². The largest absolute Gasteiger partial charge is 0.486 e. The standard InChI is InChI=1S/C39H40N4O7S/c1-26-23-43(27(2)25-44)38(45)33-16-10-18-35(41-39(46)40-34-17-9-12-28-11-7-8-15-32(28)34)37(33)50-36(26)24-42(3)51(47,48)31-21-19-30(20-22-31)49-29-13-5-4-6-14-29/h4-22,26-27,36,44H,23-25H2,1-3H3,(H2,40,41,46). The van der Waals surface area contributed by atoms with E-state index in [1.807, 2.05) is 61.5 Å². The van der Waals surface area contributed by atoms with Crippen molar-refractivity contribution in [3.8, 4) is 17.2 Å². The van der Waals surface area contributed by atoms with Crippen molar-refractivity contribution in [1.29, 1.82) is 0 Å². The summed E-state index contributed by atoms with van der Waals surface area (Å²) in [4.78, 5) is 28.9. The van der Waals surface area contributed by atoms with Gasteiger partial charge in [0.25, 0.3) is 5.91 Å². The molecule has 264 valence electrons. The van der Waals surface area contributed by atoms with Crippen molar-refractivity contribution in [2.75, 3.05) is 37.4 Å². The van der Waals surface area contributed by atoms with Crippen molar-refractivity contribution in [2.45, 2.75) is 30.9 Å². The first-order chi connectivity index (χ1) is 24.5. The van der Waals surface area contributed by atoms with Crippen molar-refractivity contribution in [2.24, 2.45) is 5.92 Å². The molecule has 51 heavy (non-hydrogen) atoms. The second-order valence-corrected chi connectivity index (χ2v) is 14.6. The maximum Gasteiger partial charge on any atom is 0.323 e. The van der Waals surface area contributed by atoms with Gasteiger partial charge >= 0.3 is 6.03 Å². The molecule has 12 heteroatoms. The highest BCUT2D eigenvalue weighted by atomic mass is 32.2. The highest BCUT2D eigenvalue weighted by Crippen LogP contribution is 2.36. The molecule has 0 aliphatic carbocycles. The van der Waals surface area contributed by atoms with Crippen LogP contribution in [0.5, 0.6) is 17.2 Å². The van der Waals surface area contributed by atoms with Crippen LogP contribution in [0.25, 0.3) is 10.8 Å². The molecule has 0 bridgehead atoms. The molecule has 1 aliphatic rings. The van der Waals surface area contributed by atoms with E-state index < -0.39 is 28.2 Å². The van der Waals surface area contributed by atoms with Crippen LogP contribution in [-0.4, -0.2) is 73.6 Å². The smallest absolute Gasteiger partial charge is 0.323 e. The Kier molecular flexibility index (Phi) is 10.6. The van der Waals surface area contributed by atoms with Crippen LogP contribution in [-0.2, 0) is 10.0 Å². The van der Waals surface area contributed by atoms with E-state index in [2.05, 4.69) is 10.6 Å². The Morgan fingerprint density at radius 1 is 0.902 bits per heavy atom. The van der Waals surface area contributed by atoms with E-state index in [-0.39, 0.29) is 53.4 Å². The lowest BCUT2D eigenvalue weighted by Crippen LogP contribution is -2.50. The molecule has 3 amide bonds. The van der Waals surface area contributed by atoms with Crippen LogP contribution in [0.1, 0.15) is 24.2 Å². The van der Waals surface area contributed by atoms with Gasteiger partial charge in [-0.1, -0.05) is 67.6 Å². The topological polar surface area (TPSA) is 138 Å². The maximum absolute atomic E-state index is 13.9. The molecule has 0 saturated heterocycles. The van der Waals surface area contributed by atoms with Gasteiger partial charge in [-0.05, 0) is 66.9 Å². The van der Waals surface area contributed by atoms with Crippen LogP contribution in [0.4, 0.5) is 16.2 Å². The van der Waals surface area contributed by atoms with Crippen LogP contribution in [0, 0.1) is 5.92 Å². The SMILES string of the molecule is CC1CN(C(C)CO)C(=O)c2cccc(NC(=O)Nc3cccc4ccccc34)c2OC1CN(C)S(=O)(=O)c1ccc(Oc2ccccc2)cc1. The average molecular weight is 709 g/mol. The first-order valence-electron chi connectivity index (χ1n) is 16.6. The number of hydrogen-bond donors (Lipinski definition) is 3. The number of rotatable bonds is 10. The molecule has 11 nitrogen and oxygen atoms in total. The lowest BCUT2D eigenvalue weighted by atomic mass is 9.99. The summed E-state index contributed by atoms with van der Waals surface area (Å²) < 4.78 is 41.2. The number of anilines is 2. The molecule has 5 aromatic carbocycles. The highest BCUT2D eigenvalue weighted by molar-refractivity contribution is 7.89. The predicted molar refractivity (Wildman–Crippen MR) is 197 cm³/mol. The van der Waals surface area contributed by atoms with Gasteiger partial charge in [-0.2, -0.15) is 4.31 Å². The number of aliphatic hydroxyl groups excluding tert-OH is 1. The number of hydrogen-bond acceptors (Lipinski definition) is 7. The van der Waals surface area contributed by atoms with Crippen LogP contribution in [0.15, 0.2) is 120 Å². The third-order valence-corrected chi connectivity index (χ3v) is 10.8. The van der Waals surface area contributed by atoms with E-state index in [0.717, 1.165) is 10.8 Å². The summed E-state index contributed by atoms with van der Waals surface area (Å²) in [5, 5.41) is 17.6. The molecular formula is C39H40N4O7S. The summed E-state index contributed by atoms with van der Waals surface area (Å²) >= 11 is 0. The molecular weight excluding hydrogens is 669 g/mol. The van der Waals surface area contributed by atoms with E-state index in [4.69, 9.17) is 9.47 Å². The zero-order valence-corrected chi connectivity index (χ0v) is 29.3. The fourth-order valence-corrected chi connectivity index (χ4v) is 7.19. The number of urea groups is 1. The quantitative estimate of drug-likeness (QED) is 0.145. The van der Waals surface area contributed by atoms with Gasteiger partial charge in [-0.3, -0.25) is 4.79 Å². The molecule has 3 atom stereocenters. The number of para-hydroxylation sites is 2. The molecule has 0 saturated carbocycles.